The molecule has 1 saturated heterocycles. The molecule has 1 atom stereocenters. The Hall–Kier alpha value is -3.92. The van der Waals surface area contributed by atoms with Crippen LogP contribution in [-0.2, 0) is 26.0 Å². The lowest BCUT2D eigenvalue weighted by atomic mass is 9.89. The summed E-state index contributed by atoms with van der Waals surface area (Å²) in [4.78, 5) is 28.7. The van der Waals surface area contributed by atoms with E-state index >= 15 is 0 Å². The first kappa shape index (κ1) is 29.2. The Morgan fingerprint density at radius 1 is 0.977 bits per heavy atom. The maximum absolute atomic E-state index is 13.6. The number of ketones is 1. The van der Waals surface area contributed by atoms with Crippen LogP contribution in [0.5, 0.6) is 0 Å². The van der Waals surface area contributed by atoms with Crippen molar-refractivity contribution in [3.63, 3.8) is 0 Å². The molecular weight excluding hydrogens is 567 g/mol. The van der Waals surface area contributed by atoms with Crippen molar-refractivity contribution >= 4 is 38.2 Å². The van der Waals surface area contributed by atoms with Gasteiger partial charge in [0.2, 0.25) is 10.0 Å². The van der Waals surface area contributed by atoms with Crippen molar-refractivity contribution in [2.24, 2.45) is 5.92 Å². The zero-order chi connectivity index (χ0) is 30.1. The Morgan fingerprint density at radius 2 is 1.70 bits per heavy atom. The van der Waals surface area contributed by atoms with Crippen LogP contribution in [-0.4, -0.2) is 57.8 Å². The smallest absolute Gasteiger partial charge is 0.258 e. The minimum atomic E-state index is -3.80. The van der Waals surface area contributed by atoms with Gasteiger partial charge >= 0.3 is 0 Å². The number of anilines is 1. The molecule has 0 radical (unpaired) electrons. The summed E-state index contributed by atoms with van der Waals surface area (Å²) < 4.78 is 46.9. The summed E-state index contributed by atoms with van der Waals surface area (Å²) in [5.41, 5.74) is 3.91. The first-order valence-electron chi connectivity index (χ1n) is 14.5. The topological polar surface area (TPSA) is 84.0 Å². The Balaban J connectivity index is 1.18. The predicted octanol–water partition coefficient (Wildman–Crippen LogP) is 5.86. The number of halogens is 1. The molecule has 1 fully saturated rings. The van der Waals surface area contributed by atoms with E-state index in [1.165, 1.54) is 16.4 Å². The highest BCUT2D eigenvalue weighted by atomic mass is 32.2. The van der Waals surface area contributed by atoms with Crippen molar-refractivity contribution in [2.75, 3.05) is 38.3 Å². The summed E-state index contributed by atoms with van der Waals surface area (Å²) in [6.45, 7) is 1.60. The summed E-state index contributed by atoms with van der Waals surface area (Å²) in [6.07, 6.45) is 2.11. The SMILES string of the molecule is COCCCN1C(=O)c2cccc3c(CC(=O)C4CCCN(S(=O)(=O)c5ccc(-c6ccc(F)cc6)cc5)C4)ccc1c23. The van der Waals surface area contributed by atoms with Gasteiger partial charge in [-0.3, -0.25) is 9.59 Å². The first-order chi connectivity index (χ1) is 20.8. The fourth-order valence-corrected chi connectivity index (χ4v) is 7.74. The molecule has 7 nitrogen and oxygen atoms in total. The van der Waals surface area contributed by atoms with Crippen LogP contribution in [0.1, 0.15) is 35.2 Å². The second-order valence-corrected chi connectivity index (χ2v) is 13.1. The van der Waals surface area contributed by atoms with Crippen molar-refractivity contribution in [3.8, 4) is 11.1 Å². The van der Waals surface area contributed by atoms with Crippen LogP contribution in [0.2, 0.25) is 0 Å². The molecule has 2 aliphatic heterocycles. The lowest BCUT2D eigenvalue weighted by Crippen LogP contribution is -2.42. The number of rotatable bonds is 10. The second kappa shape index (κ2) is 12.0. The van der Waals surface area contributed by atoms with Gasteiger partial charge in [-0.2, -0.15) is 4.31 Å². The third kappa shape index (κ3) is 5.60. The number of Topliss-reactive ketones (excluding diaryl/α,β-unsaturated/α-hetero) is 1. The number of sulfonamides is 1. The van der Waals surface area contributed by atoms with Crippen LogP contribution in [0.3, 0.4) is 0 Å². The number of amides is 1. The van der Waals surface area contributed by atoms with Crippen LogP contribution < -0.4 is 4.90 Å². The molecule has 4 aromatic rings. The monoisotopic (exact) mass is 600 g/mol. The molecule has 43 heavy (non-hydrogen) atoms. The average Bonchev–Trinajstić information content (AvgIpc) is 3.30. The molecule has 2 heterocycles. The van der Waals surface area contributed by atoms with Crippen molar-refractivity contribution in [3.05, 3.63) is 95.8 Å². The molecule has 1 unspecified atom stereocenters. The molecular formula is C34H33FN2O5S. The van der Waals surface area contributed by atoms with Gasteiger partial charge in [-0.25, -0.2) is 12.8 Å². The van der Waals surface area contributed by atoms with E-state index < -0.39 is 15.9 Å². The highest BCUT2D eigenvalue weighted by Gasteiger charge is 2.34. The van der Waals surface area contributed by atoms with Crippen molar-refractivity contribution in [1.29, 1.82) is 0 Å². The van der Waals surface area contributed by atoms with Crippen LogP contribution >= 0.6 is 0 Å². The van der Waals surface area contributed by atoms with E-state index in [1.54, 1.807) is 48.4 Å². The Morgan fingerprint density at radius 3 is 2.42 bits per heavy atom. The summed E-state index contributed by atoms with van der Waals surface area (Å²) in [5, 5.41) is 1.75. The van der Waals surface area contributed by atoms with Crippen LogP contribution in [0.25, 0.3) is 21.9 Å². The van der Waals surface area contributed by atoms with E-state index in [-0.39, 0.29) is 35.4 Å². The minimum absolute atomic E-state index is 0.00599. The van der Waals surface area contributed by atoms with E-state index in [0.717, 1.165) is 39.6 Å². The summed E-state index contributed by atoms with van der Waals surface area (Å²) in [6, 6.07) is 22.0. The van der Waals surface area contributed by atoms with Gasteiger partial charge < -0.3 is 9.64 Å². The van der Waals surface area contributed by atoms with Gasteiger partial charge in [0.15, 0.2) is 0 Å². The van der Waals surface area contributed by atoms with E-state index in [0.29, 0.717) is 38.1 Å². The number of carbonyl (C=O) groups is 2. The number of hydrogen-bond donors (Lipinski definition) is 0. The zero-order valence-corrected chi connectivity index (χ0v) is 24.8. The van der Waals surface area contributed by atoms with Crippen molar-refractivity contribution in [2.45, 2.75) is 30.6 Å². The number of carbonyl (C=O) groups excluding carboxylic acids is 2. The highest BCUT2D eigenvalue weighted by Crippen LogP contribution is 2.39. The maximum Gasteiger partial charge on any atom is 0.258 e. The average molecular weight is 601 g/mol. The molecule has 0 bridgehead atoms. The summed E-state index contributed by atoms with van der Waals surface area (Å²) in [7, 11) is -2.16. The van der Waals surface area contributed by atoms with Gasteiger partial charge in [0.25, 0.3) is 5.91 Å². The fraction of sp³-hybridized carbons (Fsp3) is 0.294. The molecule has 222 valence electrons. The normalized spacial score (nSPS) is 17.1. The first-order valence-corrected chi connectivity index (χ1v) is 16.0. The highest BCUT2D eigenvalue weighted by molar-refractivity contribution is 7.89. The molecule has 1 amide bonds. The van der Waals surface area contributed by atoms with Crippen molar-refractivity contribution in [1.82, 2.24) is 4.31 Å². The minimum Gasteiger partial charge on any atom is -0.385 e. The van der Waals surface area contributed by atoms with Gasteiger partial charge in [0, 0.05) is 56.6 Å². The van der Waals surface area contributed by atoms with E-state index in [1.807, 2.05) is 30.3 Å². The third-order valence-electron chi connectivity index (χ3n) is 8.48. The largest absolute Gasteiger partial charge is 0.385 e. The molecule has 2 aliphatic rings. The zero-order valence-electron chi connectivity index (χ0n) is 24.0. The number of methoxy groups -OCH3 is 1. The molecule has 0 aliphatic carbocycles. The van der Waals surface area contributed by atoms with E-state index in [4.69, 9.17) is 4.74 Å². The number of nitrogens with zero attached hydrogens (tertiary/aromatic N) is 2. The number of piperidine rings is 1. The lowest BCUT2D eigenvalue weighted by Gasteiger charge is -2.31. The maximum atomic E-state index is 13.6. The van der Waals surface area contributed by atoms with Gasteiger partial charge in [-0.05, 0) is 77.7 Å². The molecule has 0 aromatic heterocycles. The Kier molecular flexibility index (Phi) is 8.13. The van der Waals surface area contributed by atoms with Crippen molar-refractivity contribution < 1.29 is 27.1 Å². The van der Waals surface area contributed by atoms with Crippen LogP contribution in [0.15, 0.2) is 83.8 Å². The quantitative estimate of drug-likeness (QED) is 0.213. The van der Waals surface area contributed by atoms with Crippen LogP contribution in [0.4, 0.5) is 10.1 Å². The summed E-state index contributed by atoms with van der Waals surface area (Å²) in [5.74, 6) is -0.800. The predicted molar refractivity (Wildman–Crippen MR) is 164 cm³/mol. The molecule has 6 rings (SSSR count). The summed E-state index contributed by atoms with van der Waals surface area (Å²) >= 11 is 0. The molecule has 9 heteroatoms. The molecule has 0 N–H and O–H groups in total. The Bertz CT molecular complexity index is 1790. The number of hydrogen-bond acceptors (Lipinski definition) is 5. The van der Waals surface area contributed by atoms with Crippen LogP contribution in [0, 0.1) is 11.7 Å². The second-order valence-electron chi connectivity index (χ2n) is 11.2. The molecule has 0 saturated carbocycles. The Labute approximate surface area is 250 Å². The fourth-order valence-electron chi connectivity index (χ4n) is 6.22. The van der Waals surface area contributed by atoms with Gasteiger partial charge in [0.05, 0.1) is 10.6 Å². The number of benzene rings is 4. The molecule has 0 spiro atoms. The van der Waals surface area contributed by atoms with Gasteiger partial charge in [-0.15, -0.1) is 0 Å². The van der Waals surface area contributed by atoms with Gasteiger partial charge in [0.1, 0.15) is 11.6 Å². The molecule has 4 aromatic carbocycles. The third-order valence-corrected chi connectivity index (χ3v) is 10.4. The van der Waals surface area contributed by atoms with E-state index in [2.05, 4.69) is 0 Å². The number of ether oxygens (including phenoxy) is 1. The van der Waals surface area contributed by atoms with Gasteiger partial charge in [-0.1, -0.05) is 42.5 Å². The lowest BCUT2D eigenvalue weighted by molar-refractivity contribution is -0.123. The van der Waals surface area contributed by atoms with E-state index in [9.17, 15) is 22.4 Å². The standard InChI is InChI=1S/C34H33FN2O5S/c1-42-20-4-19-37-31-17-12-25(29-6-2-7-30(33(29)31)34(37)39)21-32(38)26-5-3-18-36(22-26)43(40,41)28-15-10-24(11-16-28)23-8-13-27(35)14-9-23/h2,6-17,26H,3-5,18-22H2,1H3.